The number of benzene rings is 1. The van der Waals surface area contributed by atoms with E-state index in [1.165, 1.54) is 0 Å². The van der Waals surface area contributed by atoms with Crippen molar-refractivity contribution in [2.45, 2.75) is 6.54 Å². The third kappa shape index (κ3) is 2.22. The summed E-state index contributed by atoms with van der Waals surface area (Å²) in [5.41, 5.74) is 8.12. The Balaban J connectivity index is 1.97. The van der Waals surface area contributed by atoms with Crippen LogP contribution in [0.15, 0.2) is 42.7 Å². The molecule has 0 saturated carbocycles. The lowest BCUT2D eigenvalue weighted by atomic mass is 10.1. The predicted molar refractivity (Wildman–Crippen MR) is 71.8 cm³/mol. The first-order valence-electron chi connectivity index (χ1n) is 5.95. The van der Waals surface area contributed by atoms with Crippen molar-refractivity contribution >= 4 is 17.3 Å². The Morgan fingerprint density at radius 1 is 1.26 bits per heavy atom. The number of hydrogen-bond acceptors (Lipinski definition) is 4. The van der Waals surface area contributed by atoms with Crippen molar-refractivity contribution in [3.8, 4) is 5.75 Å². The second kappa shape index (κ2) is 4.61. The molecule has 1 aliphatic heterocycles. The average Bonchev–Trinajstić information content (AvgIpc) is 2.43. The highest BCUT2D eigenvalue weighted by molar-refractivity contribution is 5.98. The van der Waals surface area contributed by atoms with Crippen molar-refractivity contribution in [3.05, 3.63) is 48.3 Å². The van der Waals surface area contributed by atoms with Crippen LogP contribution >= 0.6 is 0 Å². The fourth-order valence-electron chi connectivity index (χ4n) is 2.06. The molecule has 2 N–H and O–H groups in total. The van der Waals surface area contributed by atoms with Gasteiger partial charge in [0, 0.05) is 18.1 Å². The van der Waals surface area contributed by atoms with Crippen LogP contribution in [0.5, 0.6) is 5.75 Å². The number of aromatic nitrogens is 1. The average molecular weight is 255 g/mol. The lowest BCUT2D eigenvalue weighted by Crippen LogP contribution is -2.38. The van der Waals surface area contributed by atoms with E-state index in [0.29, 0.717) is 23.7 Å². The van der Waals surface area contributed by atoms with Crippen LogP contribution < -0.4 is 15.4 Å². The lowest BCUT2D eigenvalue weighted by molar-refractivity contribution is -0.121. The van der Waals surface area contributed by atoms with Gasteiger partial charge in [-0.2, -0.15) is 0 Å². The number of anilines is 2. The molecule has 0 atom stereocenters. The zero-order valence-electron chi connectivity index (χ0n) is 10.2. The second-order valence-electron chi connectivity index (χ2n) is 4.35. The normalized spacial score (nSPS) is 13.9. The van der Waals surface area contributed by atoms with Crippen LogP contribution in [0.1, 0.15) is 5.56 Å². The number of hydrogen-bond donors (Lipinski definition) is 1. The fourth-order valence-corrected chi connectivity index (χ4v) is 2.06. The van der Waals surface area contributed by atoms with Crippen molar-refractivity contribution < 1.29 is 9.53 Å². The molecule has 0 aliphatic carbocycles. The Morgan fingerprint density at radius 2 is 2.05 bits per heavy atom. The Labute approximate surface area is 110 Å². The monoisotopic (exact) mass is 255 g/mol. The molecule has 0 unspecified atom stereocenters. The Morgan fingerprint density at radius 3 is 2.84 bits per heavy atom. The van der Waals surface area contributed by atoms with E-state index >= 15 is 0 Å². The van der Waals surface area contributed by atoms with Crippen molar-refractivity contribution in [3.63, 3.8) is 0 Å². The minimum atomic E-state index is -0.0742. The standard InChI is InChI=1S/C14H13N3O2/c15-11-1-2-13-12(7-11)17(14(18)9-19-13)8-10-3-5-16-6-4-10/h1-7H,8-9,15H2. The number of nitrogens with two attached hydrogens (primary N) is 1. The van der Waals surface area contributed by atoms with Crippen LogP contribution in [0.2, 0.25) is 0 Å². The van der Waals surface area contributed by atoms with Gasteiger partial charge in [-0.25, -0.2) is 0 Å². The van der Waals surface area contributed by atoms with Gasteiger partial charge in [-0.05, 0) is 35.9 Å². The topological polar surface area (TPSA) is 68.5 Å². The molecule has 96 valence electrons. The van der Waals surface area contributed by atoms with Gasteiger partial charge in [0.25, 0.3) is 5.91 Å². The van der Waals surface area contributed by atoms with E-state index in [9.17, 15) is 4.79 Å². The summed E-state index contributed by atoms with van der Waals surface area (Å²) in [5, 5.41) is 0. The Hall–Kier alpha value is -2.56. The molecule has 2 aromatic rings. The van der Waals surface area contributed by atoms with Crippen LogP contribution in [0.25, 0.3) is 0 Å². The van der Waals surface area contributed by atoms with Crippen LogP contribution in [0, 0.1) is 0 Å². The maximum Gasteiger partial charge on any atom is 0.265 e. The van der Waals surface area contributed by atoms with Gasteiger partial charge < -0.3 is 15.4 Å². The number of carbonyl (C=O) groups is 1. The molecule has 19 heavy (non-hydrogen) atoms. The summed E-state index contributed by atoms with van der Waals surface area (Å²) in [4.78, 5) is 17.7. The molecule has 5 heteroatoms. The quantitative estimate of drug-likeness (QED) is 0.827. The number of rotatable bonds is 2. The SMILES string of the molecule is Nc1ccc2c(c1)N(Cc1ccncc1)C(=O)CO2. The summed E-state index contributed by atoms with van der Waals surface area (Å²) in [7, 11) is 0. The molecular formula is C14H13N3O2. The molecule has 3 rings (SSSR count). The highest BCUT2D eigenvalue weighted by atomic mass is 16.5. The predicted octanol–water partition coefficient (Wildman–Crippen LogP) is 1.59. The second-order valence-corrected chi connectivity index (χ2v) is 4.35. The first-order chi connectivity index (χ1) is 9.24. The molecule has 1 aromatic heterocycles. The summed E-state index contributed by atoms with van der Waals surface area (Å²) >= 11 is 0. The molecule has 5 nitrogen and oxygen atoms in total. The molecule has 1 aliphatic rings. The van der Waals surface area contributed by atoms with Crippen molar-refractivity contribution in [1.29, 1.82) is 0 Å². The van der Waals surface area contributed by atoms with Gasteiger partial charge in [0.1, 0.15) is 5.75 Å². The minimum absolute atomic E-state index is 0.0575. The first-order valence-corrected chi connectivity index (χ1v) is 5.95. The zero-order valence-corrected chi connectivity index (χ0v) is 10.2. The summed E-state index contributed by atoms with van der Waals surface area (Å²) in [6, 6.07) is 9.08. The molecule has 1 amide bonds. The Bertz CT molecular complexity index is 613. The fraction of sp³-hybridized carbons (Fsp3) is 0.143. The third-order valence-electron chi connectivity index (χ3n) is 3.02. The third-order valence-corrected chi connectivity index (χ3v) is 3.02. The van der Waals surface area contributed by atoms with E-state index < -0.39 is 0 Å². The highest BCUT2D eigenvalue weighted by Gasteiger charge is 2.25. The van der Waals surface area contributed by atoms with Gasteiger partial charge in [-0.15, -0.1) is 0 Å². The van der Waals surface area contributed by atoms with Crippen LogP contribution in [0.4, 0.5) is 11.4 Å². The minimum Gasteiger partial charge on any atom is -0.482 e. The summed E-state index contributed by atoms with van der Waals surface area (Å²) < 4.78 is 5.40. The Kier molecular flexibility index (Phi) is 2.79. The summed E-state index contributed by atoms with van der Waals surface area (Å²) in [6.07, 6.45) is 3.42. The molecular weight excluding hydrogens is 242 g/mol. The number of ether oxygens (including phenoxy) is 1. The van der Waals surface area contributed by atoms with Gasteiger partial charge in [-0.1, -0.05) is 0 Å². The number of fused-ring (bicyclic) bond motifs is 1. The molecule has 0 radical (unpaired) electrons. The number of carbonyl (C=O) groups excluding carboxylic acids is 1. The van der Waals surface area contributed by atoms with Crippen molar-refractivity contribution in [2.75, 3.05) is 17.2 Å². The lowest BCUT2D eigenvalue weighted by Gasteiger charge is -2.29. The van der Waals surface area contributed by atoms with Crippen molar-refractivity contribution in [1.82, 2.24) is 4.98 Å². The summed E-state index contributed by atoms with van der Waals surface area (Å²) in [6.45, 7) is 0.545. The smallest absolute Gasteiger partial charge is 0.265 e. The van der Waals surface area contributed by atoms with Gasteiger partial charge in [0.15, 0.2) is 6.61 Å². The first kappa shape index (κ1) is 11.5. The molecule has 0 saturated heterocycles. The number of amides is 1. The van der Waals surface area contributed by atoms with Crippen LogP contribution in [0.3, 0.4) is 0 Å². The number of pyridine rings is 1. The van der Waals surface area contributed by atoms with Gasteiger partial charge in [0.05, 0.1) is 12.2 Å². The largest absolute Gasteiger partial charge is 0.482 e. The molecule has 1 aromatic carbocycles. The molecule has 0 fully saturated rings. The maximum absolute atomic E-state index is 12.0. The summed E-state index contributed by atoms with van der Waals surface area (Å²) in [5.74, 6) is 0.609. The van der Waals surface area contributed by atoms with E-state index in [0.717, 1.165) is 5.56 Å². The highest BCUT2D eigenvalue weighted by Crippen LogP contribution is 2.34. The van der Waals surface area contributed by atoms with Crippen LogP contribution in [-0.2, 0) is 11.3 Å². The molecule has 0 spiro atoms. The van der Waals surface area contributed by atoms with E-state index in [2.05, 4.69) is 4.98 Å². The van der Waals surface area contributed by atoms with Gasteiger partial charge >= 0.3 is 0 Å². The van der Waals surface area contributed by atoms with Gasteiger partial charge in [0.2, 0.25) is 0 Å². The van der Waals surface area contributed by atoms with Gasteiger partial charge in [-0.3, -0.25) is 9.78 Å². The van der Waals surface area contributed by atoms with E-state index in [1.54, 1.807) is 35.5 Å². The molecule has 0 bridgehead atoms. The number of nitrogen functional groups attached to an aromatic ring is 1. The van der Waals surface area contributed by atoms with E-state index in [1.807, 2.05) is 12.1 Å². The van der Waals surface area contributed by atoms with E-state index in [-0.39, 0.29) is 12.5 Å². The number of nitrogens with zero attached hydrogens (tertiary/aromatic N) is 2. The van der Waals surface area contributed by atoms with Crippen LogP contribution in [-0.4, -0.2) is 17.5 Å². The maximum atomic E-state index is 12.0. The molecule has 2 heterocycles. The van der Waals surface area contributed by atoms with Crippen molar-refractivity contribution in [2.24, 2.45) is 0 Å². The van der Waals surface area contributed by atoms with E-state index in [4.69, 9.17) is 10.5 Å². The zero-order chi connectivity index (χ0) is 13.2.